The molecule has 1 atom stereocenters. The van der Waals surface area contributed by atoms with Crippen LogP contribution in [0.15, 0.2) is 48.5 Å². The summed E-state index contributed by atoms with van der Waals surface area (Å²) in [7, 11) is 1.60. The number of nitrogens with one attached hydrogen (secondary N) is 1. The Morgan fingerprint density at radius 3 is 2.38 bits per heavy atom. The zero-order chi connectivity index (χ0) is 19.1. The van der Waals surface area contributed by atoms with Crippen LogP contribution in [0, 0.1) is 0 Å². The van der Waals surface area contributed by atoms with Crippen molar-refractivity contribution in [2.75, 3.05) is 7.11 Å². The standard InChI is InChI=1S/C20H23ClN2O3/c1-14(20(25)22-12-17-6-4-5-7-19(17)21)23(15(2)24)13-16-8-10-18(26-3)11-9-16/h4-11,14H,12-13H2,1-3H3,(H,22,25). The smallest absolute Gasteiger partial charge is 0.242 e. The van der Waals surface area contributed by atoms with Gasteiger partial charge in [-0.3, -0.25) is 9.59 Å². The van der Waals surface area contributed by atoms with E-state index in [9.17, 15) is 9.59 Å². The van der Waals surface area contributed by atoms with Gasteiger partial charge < -0.3 is 15.0 Å². The first-order chi connectivity index (χ1) is 12.4. The number of methoxy groups -OCH3 is 1. The van der Waals surface area contributed by atoms with Gasteiger partial charge in [-0.25, -0.2) is 0 Å². The summed E-state index contributed by atoms with van der Waals surface area (Å²) in [5.74, 6) is 0.350. The van der Waals surface area contributed by atoms with Gasteiger partial charge in [-0.2, -0.15) is 0 Å². The Morgan fingerprint density at radius 1 is 1.15 bits per heavy atom. The molecule has 0 aliphatic rings. The largest absolute Gasteiger partial charge is 0.497 e. The van der Waals surface area contributed by atoms with E-state index >= 15 is 0 Å². The van der Waals surface area contributed by atoms with Gasteiger partial charge >= 0.3 is 0 Å². The van der Waals surface area contributed by atoms with Crippen molar-refractivity contribution in [1.29, 1.82) is 0 Å². The van der Waals surface area contributed by atoms with Crippen LogP contribution in [0.2, 0.25) is 5.02 Å². The summed E-state index contributed by atoms with van der Waals surface area (Å²) in [6.45, 7) is 3.84. The second-order valence-electron chi connectivity index (χ2n) is 5.98. The van der Waals surface area contributed by atoms with Crippen LogP contribution >= 0.6 is 11.6 Å². The van der Waals surface area contributed by atoms with E-state index in [0.29, 0.717) is 18.1 Å². The van der Waals surface area contributed by atoms with Crippen molar-refractivity contribution in [3.8, 4) is 5.75 Å². The van der Waals surface area contributed by atoms with Crippen LogP contribution in [0.4, 0.5) is 0 Å². The fourth-order valence-corrected chi connectivity index (χ4v) is 2.76. The van der Waals surface area contributed by atoms with E-state index in [1.165, 1.54) is 11.8 Å². The molecular weight excluding hydrogens is 352 g/mol. The number of benzene rings is 2. The average Bonchev–Trinajstić information content (AvgIpc) is 2.65. The second-order valence-corrected chi connectivity index (χ2v) is 6.39. The maximum Gasteiger partial charge on any atom is 0.242 e. The van der Waals surface area contributed by atoms with E-state index < -0.39 is 6.04 Å². The number of hydrogen-bond donors (Lipinski definition) is 1. The number of hydrogen-bond acceptors (Lipinski definition) is 3. The molecule has 1 unspecified atom stereocenters. The number of carbonyl (C=O) groups is 2. The lowest BCUT2D eigenvalue weighted by Crippen LogP contribution is -2.46. The SMILES string of the molecule is COc1ccc(CN(C(C)=O)C(C)C(=O)NCc2ccccc2Cl)cc1. The van der Waals surface area contributed by atoms with Crippen LogP contribution in [0.3, 0.4) is 0 Å². The zero-order valence-corrected chi connectivity index (χ0v) is 15.9. The summed E-state index contributed by atoms with van der Waals surface area (Å²) < 4.78 is 5.14. The molecule has 1 N–H and O–H groups in total. The molecule has 2 aromatic rings. The Morgan fingerprint density at radius 2 is 1.81 bits per heavy atom. The monoisotopic (exact) mass is 374 g/mol. The number of carbonyl (C=O) groups excluding carboxylic acids is 2. The minimum Gasteiger partial charge on any atom is -0.497 e. The Hall–Kier alpha value is -2.53. The maximum atomic E-state index is 12.5. The van der Waals surface area contributed by atoms with Crippen LogP contribution in [0.25, 0.3) is 0 Å². The molecule has 5 nitrogen and oxygen atoms in total. The minimum absolute atomic E-state index is 0.166. The first kappa shape index (κ1) is 19.8. The second kappa shape index (κ2) is 9.25. The number of nitrogens with zero attached hydrogens (tertiary/aromatic N) is 1. The molecule has 138 valence electrons. The summed E-state index contributed by atoms with van der Waals surface area (Å²) in [6, 6.07) is 14.1. The molecule has 6 heteroatoms. The van der Waals surface area contributed by atoms with Gasteiger partial charge in [0.15, 0.2) is 0 Å². The highest BCUT2D eigenvalue weighted by Gasteiger charge is 2.23. The van der Waals surface area contributed by atoms with E-state index in [1.807, 2.05) is 42.5 Å². The van der Waals surface area contributed by atoms with Gasteiger partial charge in [-0.05, 0) is 36.2 Å². The third-order valence-corrected chi connectivity index (χ3v) is 4.54. The summed E-state index contributed by atoms with van der Waals surface area (Å²) in [5.41, 5.74) is 1.76. The van der Waals surface area contributed by atoms with E-state index in [4.69, 9.17) is 16.3 Å². The molecule has 0 aromatic heterocycles. The van der Waals surface area contributed by atoms with Crippen molar-refractivity contribution in [3.05, 3.63) is 64.7 Å². The fraction of sp³-hybridized carbons (Fsp3) is 0.300. The van der Waals surface area contributed by atoms with Gasteiger partial charge in [0.05, 0.1) is 7.11 Å². The predicted molar refractivity (Wildman–Crippen MR) is 102 cm³/mol. The van der Waals surface area contributed by atoms with Gasteiger partial charge in [0.2, 0.25) is 11.8 Å². The van der Waals surface area contributed by atoms with E-state index in [-0.39, 0.29) is 11.8 Å². The van der Waals surface area contributed by atoms with Crippen molar-refractivity contribution in [2.45, 2.75) is 33.0 Å². The van der Waals surface area contributed by atoms with Gasteiger partial charge in [-0.15, -0.1) is 0 Å². The highest BCUT2D eigenvalue weighted by Crippen LogP contribution is 2.16. The molecule has 2 aromatic carbocycles. The number of rotatable bonds is 7. The van der Waals surface area contributed by atoms with Crippen LogP contribution in [0.1, 0.15) is 25.0 Å². The lowest BCUT2D eigenvalue weighted by molar-refractivity contribution is -0.139. The molecule has 0 aliphatic heterocycles. The fourth-order valence-electron chi connectivity index (χ4n) is 2.56. The molecule has 2 amide bonds. The minimum atomic E-state index is -0.600. The molecule has 26 heavy (non-hydrogen) atoms. The molecule has 0 fully saturated rings. The Labute approximate surface area is 158 Å². The summed E-state index contributed by atoms with van der Waals surface area (Å²) in [4.78, 5) is 26.1. The van der Waals surface area contributed by atoms with Crippen LogP contribution in [0.5, 0.6) is 5.75 Å². The first-order valence-corrected chi connectivity index (χ1v) is 8.71. The molecule has 0 saturated heterocycles. The quantitative estimate of drug-likeness (QED) is 0.808. The Kier molecular flexibility index (Phi) is 7.04. The molecular formula is C20H23ClN2O3. The lowest BCUT2D eigenvalue weighted by Gasteiger charge is -2.27. The summed E-state index contributed by atoms with van der Waals surface area (Å²) in [6.07, 6.45) is 0. The highest BCUT2D eigenvalue weighted by molar-refractivity contribution is 6.31. The summed E-state index contributed by atoms with van der Waals surface area (Å²) >= 11 is 6.11. The van der Waals surface area contributed by atoms with Gasteiger partial charge in [0.1, 0.15) is 11.8 Å². The molecule has 2 rings (SSSR count). The number of amides is 2. The van der Waals surface area contributed by atoms with Crippen LogP contribution in [-0.4, -0.2) is 29.9 Å². The number of halogens is 1. The maximum absolute atomic E-state index is 12.5. The molecule has 0 radical (unpaired) electrons. The molecule has 0 saturated carbocycles. The lowest BCUT2D eigenvalue weighted by atomic mass is 10.1. The van der Waals surface area contributed by atoms with Crippen LogP contribution in [-0.2, 0) is 22.7 Å². The third kappa shape index (κ3) is 5.23. The van der Waals surface area contributed by atoms with Crippen molar-refractivity contribution >= 4 is 23.4 Å². The highest BCUT2D eigenvalue weighted by atomic mass is 35.5. The first-order valence-electron chi connectivity index (χ1n) is 8.33. The van der Waals surface area contributed by atoms with Crippen molar-refractivity contribution in [2.24, 2.45) is 0 Å². The average molecular weight is 375 g/mol. The van der Waals surface area contributed by atoms with E-state index in [0.717, 1.165) is 16.9 Å². The normalized spacial score (nSPS) is 11.5. The van der Waals surface area contributed by atoms with Crippen molar-refractivity contribution in [1.82, 2.24) is 10.2 Å². The summed E-state index contributed by atoms with van der Waals surface area (Å²) in [5, 5.41) is 3.44. The van der Waals surface area contributed by atoms with Crippen LogP contribution < -0.4 is 10.1 Å². The Bertz CT molecular complexity index is 762. The molecule has 0 aliphatic carbocycles. The van der Waals surface area contributed by atoms with E-state index in [2.05, 4.69) is 5.32 Å². The van der Waals surface area contributed by atoms with Gasteiger partial charge in [0.25, 0.3) is 0 Å². The molecule has 0 heterocycles. The third-order valence-electron chi connectivity index (χ3n) is 4.17. The molecule has 0 spiro atoms. The topological polar surface area (TPSA) is 58.6 Å². The van der Waals surface area contributed by atoms with Gasteiger partial charge in [0, 0.05) is 25.0 Å². The van der Waals surface area contributed by atoms with E-state index in [1.54, 1.807) is 20.1 Å². The number of ether oxygens (including phenoxy) is 1. The molecule has 0 bridgehead atoms. The predicted octanol–water partition coefficient (Wildman–Crippen LogP) is 3.40. The van der Waals surface area contributed by atoms with Crippen molar-refractivity contribution in [3.63, 3.8) is 0 Å². The van der Waals surface area contributed by atoms with Crippen molar-refractivity contribution < 1.29 is 14.3 Å². The zero-order valence-electron chi connectivity index (χ0n) is 15.2. The van der Waals surface area contributed by atoms with Gasteiger partial charge in [-0.1, -0.05) is 41.9 Å². The Balaban J connectivity index is 2.02.